The van der Waals surface area contributed by atoms with Crippen molar-refractivity contribution >= 4 is 7.82 Å². The molecule has 5 heteroatoms. The zero-order chi connectivity index (χ0) is 19.9. The van der Waals surface area contributed by atoms with Gasteiger partial charge in [-0.2, -0.15) is 4.57 Å². The average molecular weight is 394 g/mol. The second-order valence-corrected chi connectivity index (χ2v) is 8.69. The van der Waals surface area contributed by atoms with Gasteiger partial charge in [0.15, 0.2) is 0 Å². The maximum atomic E-state index is 13.8. The van der Waals surface area contributed by atoms with Gasteiger partial charge in [-0.15, -0.1) is 0 Å². The fourth-order valence-corrected chi connectivity index (χ4v) is 4.96. The van der Waals surface area contributed by atoms with E-state index in [1.165, 1.54) is 0 Å². The number of fused-ring (bicyclic) bond motifs is 2. The predicted molar refractivity (Wildman–Crippen MR) is 111 cm³/mol. The normalized spacial score (nSPS) is 20.6. The number of rotatable bonds is 2. The molecule has 0 aliphatic carbocycles. The van der Waals surface area contributed by atoms with Crippen LogP contribution in [0.15, 0.2) is 60.7 Å². The van der Waals surface area contributed by atoms with Gasteiger partial charge in [-0.05, 0) is 49.6 Å². The standard InChI is InChI=1S/C23H23O4P/c1-15-8-5-11-19(14-15)25-28(24)26-22-16(2)9-6-12-20(22)18(4)21-13-7-10-17(3)23(21)27-28/h5-14,18H,1-4H3. The van der Waals surface area contributed by atoms with Crippen LogP contribution in [0.25, 0.3) is 0 Å². The molecular formula is C23H23O4P. The average Bonchev–Trinajstić information content (AvgIpc) is 2.64. The predicted octanol–water partition coefficient (Wildman–Crippen LogP) is 6.72. The van der Waals surface area contributed by atoms with Crippen LogP contribution >= 0.6 is 7.82 Å². The van der Waals surface area contributed by atoms with Gasteiger partial charge in [-0.3, -0.25) is 0 Å². The molecule has 0 aromatic heterocycles. The van der Waals surface area contributed by atoms with Gasteiger partial charge < -0.3 is 13.6 Å². The molecule has 0 fully saturated rings. The Kier molecular flexibility index (Phi) is 4.68. The molecule has 28 heavy (non-hydrogen) atoms. The Bertz CT molecular complexity index is 1030. The SMILES string of the molecule is Cc1cccc(OP2(=O)Oc3c(C)cccc3C(C)c3cccc(C)c3O2)c1. The summed E-state index contributed by atoms with van der Waals surface area (Å²) in [5.74, 6) is 1.58. The molecule has 0 spiro atoms. The lowest BCUT2D eigenvalue weighted by Gasteiger charge is -2.29. The summed E-state index contributed by atoms with van der Waals surface area (Å²) in [4.78, 5) is 0. The highest BCUT2D eigenvalue weighted by Crippen LogP contribution is 2.56. The van der Waals surface area contributed by atoms with Gasteiger partial charge in [0.1, 0.15) is 17.2 Å². The zero-order valence-electron chi connectivity index (χ0n) is 16.4. The van der Waals surface area contributed by atoms with Crippen molar-refractivity contribution in [3.63, 3.8) is 0 Å². The Labute approximate surface area is 165 Å². The van der Waals surface area contributed by atoms with E-state index < -0.39 is 7.82 Å². The largest absolute Gasteiger partial charge is 0.647 e. The first-order chi connectivity index (χ1) is 13.4. The molecule has 0 unspecified atom stereocenters. The smallest absolute Gasteiger partial charge is 0.386 e. The minimum atomic E-state index is -3.97. The Balaban J connectivity index is 1.89. The highest BCUT2D eigenvalue weighted by atomic mass is 31.2. The Morgan fingerprint density at radius 1 is 0.821 bits per heavy atom. The molecule has 0 amide bonds. The van der Waals surface area contributed by atoms with Crippen molar-refractivity contribution in [1.29, 1.82) is 0 Å². The first-order valence-electron chi connectivity index (χ1n) is 9.31. The first-order valence-corrected chi connectivity index (χ1v) is 10.8. The van der Waals surface area contributed by atoms with Crippen LogP contribution in [0.5, 0.6) is 17.2 Å². The summed E-state index contributed by atoms with van der Waals surface area (Å²) < 4.78 is 31.6. The molecule has 0 atom stereocenters. The molecule has 0 saturated carbocycles. The zero-order valence-corrected chi connectivity index (χ0v) is 17.3. The maximum absolute atomic E-state index is 13.8. The van der Waals surface area contributed by atoms with E-state index in [0.29, 0.717) is 17.2 Å². The number of aryl methyl sites for hydroxylation is 3. The third-order valence-electron chi connectivity index (χ3n) is 5.03. The molecular weight excluding hydrogens is 371 g/mol. The van der Waals surface area contributed by atoms with Gasteiger partial charge in [-0.25, -0.2) is 0 Å². The van der Waals surface area contributed by atoms with E-state index in [9.17, 15) is 4.57 Å². The third kappa shape index (κ3) is 3.41. The van der Waals surface area contributed by atoms with Crippen LogP contribution < -0.4 is 13.6 Å². The van der Waals surface area contributed by atoms with Crippen molar-refractivity contribution < 1.29 is 18.1 Å². The van der Waals surface area contributed by atoms with Crippen molar-refractivity contribution in [3.05, 3.63) is 88.5 Å². The molecule has 0 radical (unpaired) electrons. The van der Waals surface area contributed by atoms with Gasteiger partial charge in [0.05, 0.1) is 0 Å². The van der Waals surface area contributed by atoms with Crippen LogP contribution in [0, 0.1) is 20.8 Å². The lowest BCUT2D eigenvalue weighted by Crippen LogP contribution is -2.15. The van der Waals surface area contributed by atoms with Crippen molar-refractivity contribution in [2.75, 3.05) is 0 Å². The summed E-state index contributed by atoms with van der Waals surface area (Å²) in [6.45, 7) is 7.91. The number of hydrogen-bond donors (Lipinski definition) is 0. The van der Waals surface area contributed by atoms with E-state index in [0.717, 1.165) is 27.8 Å². The quantitative estimate of drug-likeness (QED) is 0.453. The summed E-state index contributed by atoms with van der Waals surface area (Å²) in [5.41, 5.74) is 4.69. The van der Waals surface area contributed by atoms with Crippen molar-refractivity contribution in [2.45, 2.75) is 33.6 Å². The van der Waals surface area contributed by atoms with E-state index in [1.54, 1.807) is 6.07 Å². The maximum Gasteiger partial charge on any atom is 0.647 e. The van der Waals surface area contributed by atoms with Crippen LogP contribution in [0.2, 0.25) is 0 Å². The monoisotopic (exact) mass is 394 g/mol. The van der Waals surface area contributed by atoms with Crippen molar-refractivity contribution in [2.24, 2.45) is 0 Å². The summed E-state index contributed by atoms with van der Waals surface area (Å²) in [6.07, 6.45) is 0. The molecule has 4 rings (SSSR count). The van der Waals surface area contributed by atoms with E-state index in [4.69, 9.17) is 13.6 Å². The lowest BCUT2D eigenvalue weighted by molar-refractivity contribution is 0.291. The van der Waals surface area contributed by atoms with Gasteiger partial charge in [-0.1, -0.05) is 55.5 Å². The summed E-state index contributed by atoms with van der Waals surface area (Å²) in [6, 6.07) is 19.2. The van der Waals surface area contributed by atoms with Gasteiger partial charge in [0.25, 0.3) is 0 Å². The van der Waals surface area contributed by atoms with Gasteiger partial charge >= 0.3 is 7.82 Å². The van der Waals surface area contributed by atoms with Gasteiger partial charge in [0.2, 0.25) is 0 Å². The second kappa shape index (κ2) is 7.03. The van der Waals surface area contributed by atoms with E-state index >= 15 is 0 Å². The summed E-state index contributed by atoms with van der Waals surface area (Å²) >= 11 is 0. The fraction of sp³-hybridized carbons (Fsp3) is 0.217. The number of benzene rings is 3. The fourth-order valence-electron chi connectivity index (χ4n) is 3.53. The summed E-state index contributed by atoms with van der Waals surface area (Å²) in [7, 11) is -3.97. The van der Waals surface area contributed by atoms with Gasteiger partial charge in [0, 0.05) is 17.0 Å². The number of hydrogen-bond acceptors (Lipinski definition) is 4. The van der Waals surface area contributed by atoms with Crippen LogP contribution in [0.1, 0.15) is 40.7 Å². The minimum Gasteiger partial charge on any atom is -0.386 e. The Morgan fingerprint density at radius 3 is 1.89 bits per heavy atom. The number of phosphoric ester groups is 1. The van der Waals surface area contributed by atoms with E-state index in [2.05, 4.69) is 6.92 Å². The molecule has 1 aliphatic rings. The molecule has 1 aliphatic heterocycles. The molecule has 4 nitrogen and oxygen atoms in total. The molecule has 1 heterocycles. The minimum absolute atomic E-state index is 0.0255. The number of phosphoric acid groups is 1. The van der Waals surface area contributed by atoms with E-state index in [-0.39, 0.29) is 5.92 Å². The highest BCUT2D eigenvalue weighted by molar-refractivity contribution is 7.49. The van der Waals surface area contributed by atoms with Crippen LogP contribution in [0.3, 0.4) is 0 Å². The highest BCUT2D eigenvalue weighted by Gasteiger charge is 2.39. The molecule has 3 aromatic rings. The van der Waals surface area contributed by atoms with Crippen LogP contribution in [-0.4, -0.2) is 0 Å². The van der Waals surface area contributed by atoms with Crippen molar-refractivity contribution in [3.8, 4) is 17.2 Å². The topological polar surface area (TPSA) is 44.8 Å². The van der Waals surface area contributed by atoms with Crippen molar-refractivity contribution in [1.82, 2.24) is 0 Å². The second-order valence-electron chi connectivity index (χ2n) is 7.25. The molecule has 0 saturated heterocycles. The molecule has 0 N–H and O–H groups in total. The lowest BCUT2D eigenvalue weighted by atomic mass is 9.89. The van der Waals surface area contributed by atoms with Crippen LogP contribution in [0.4, 0.5) is 0 Å². The molecule has 144 valence electrons. The number of para-hydroxylation sites is 2. The first kappa shape index (κ1) is 18.6. The van der Waals surface area contributed by atoms with E-state index in [1.807, 2.05) is 75.4 Å². The third-order valence-corrected chi connectivity index (χ3v) is 6.28. The summed E-state index contributed by atoms with van der Waals surface area (Å²) in [5, 5.41) is 0. The Hall–Kier alpha value is -2.71. The molecule has 3 aromatic carbocycles. The molecule has 0 bridgehead atoms. The van der Waals surface area contributed by atoms with Crippen LogP contribution in [-0.2, 0) is 4.57 Å². The Morgan fingerprint density at radius 2 is 1.36 bits per heavy atom.